The summed E-state index contributed by atoms with van der Waals surface area (Å²) in [6, 6.07) is 13.2. The van der Waals surface area contributed by atoms with Gasteiger partial charge in [-0.15, -0.1) is 0 Å². The van der Waals surface area contributed by atoms with E-state index in [9.17, 15) is 0 Å². The molecule has 1 heterocycles. The summed E-state index contributed by atoms with van der Waals surface area (Å²) >= 11 is 0. The van der Waals surface area contributed by atoms with Gasteiger partial charge < -0.3 is 9.80 Å². The van der Waals surface area contributed by atoms with Crippen LogP contribution in [-0.4, -0.2) is 13.7 Å². The molecule has 2 aromatic rings. The molecule has 0 saturated heterocycles. The molecule has 2 aromatic carbocycles. The zero-order chi connectivity index (χ0) is 13.6. The molecule has 2 nitrogen and oxygen atoms in total. The molecule has 19 heavy (non-hydrogen) atoms. The van der Waals surface area contributed by atoms with E-state index in [1.54, 1.807) is 0 Å². The minimum atomic E-state index is 0.919. The third kappa shape index (κ3) is 1.88. The topological polar surface area (TPSA) is 6.48 Å². The van der Waals surface area contributed by atoms with Gasteiger partial charge in [-0.3, -0.25) is 0 Å². The lowest BCUT2D eigenvalue weighted by molar-refractivity contribution is 0.944. The van der Waals surface area contributed by atoms with Gasteiger partial charge in [0.1, 0.15) is 0 Å². The first-order valence-electron chi connectivity index (χ1n) is 6.73. The van der Waals surface area contributed by atoms with Gasteiger partial charge in [0.15, 0.2) is 0 Å². The van der Waals surface area contributed by atoms with Gasteiger partial charge in [0.2, 0.25) is 0 Å². The zero-order valence-electron chi connectivity index (χ0n) is 12.1. The van der Waals surface area contributed by atoms with Crippen molar-refractivity contribution in [2.24, 2.45) is 0 Å². The van der Waals surface area contributed by atoms with Crippen molar-refractivity contribution < 1.29 is 0 Å². The first kappa shape index (κ1) is 12.1. The van der Waals surface area contributed by atoms with Crippen molar-refractivity contribution in [3.8, 4) is 0 Å². The molecule has 0 radical (unpaired) electrons. The Morgan fingerprint density at radius 1 is 0.789 bits per heavy atom. The summed E-state index contributed by atoms with van der Waals surface area (Å²) in [5.41, 5.74) is 7.99. The summed E-state index contributed by atoms with van der Waals surface area (Å²) in [4.78, 5) is 4.70. The lowest BCUT2D eigenvalue weighted by Gasteiger charge is -2.23. The van der Waals surface area contributed by atoms with Crippen LogP contribution in [0, 0.1) is 20.8 Å². The van der Waals surface area contributed by atoms with Crippen LogP contribution in [-0.2, 0) is 0 Å². The molecule has 1 aliphatic heterocycles. The van der Waals surface area contributed by atoms with E-state index in [4.69, 9.17) is 0 Å². The largest absolute Gasteiger partial charge is 0.355 e. The second-order valence-electron chi connectivity index (χ2n) is 5.48. The maximum absolute atomic E-state index is 2.40. The third-order valence-electron chi connectivity index (χ3n) is 4.04. The van der Waals surface area contributed by atoms with Crippen LogP contribution in [0.25, 0.3) is 0 Å². The van der Waals surface area contributed by atoms with Crippen molar-refractivity contribution in [2.75, 3.05) is 23.5 Å². The minimum absolute atomic E-state index is 0.919. The lowest BCUT2D eigenvalue weighted by Crippen LogP contribution is -2.24. The molecule has 0 aromatic heterocycles. The molecule has 0 unspecified atom stereocenters. The highest BCUT2D eigenvalue weighted by atomic mass is 15.4. The Labute approximate surface area is 115 Å². The Morgan fingerprint density at radius 3 is 2.16 bits per heavy atom. The second kappa shape index (κ2) is 4.30. The van der Waals surface area contributed by atoms with E-state index >= 15 is 0 Å². The average molecular weight is 252 g/mol. The first-order chi connectivity index (χ1) is 9.08. The maximum atomic E-state index is 2.40. The summed E-state index contributed by atoms with van der Waals surface area (Å²) in [5.74, 6) is 0. The molecule has 98 valence electrons. The SMILES string of the molecule is Cc1cc(C)c(N2CN(C)c3ccccc32)cc1C. The van der Waals surface area contributed by atoms with Crippen molar-refractivity contribution in [1.82, 2.24) is 0 Å². The average Bonchev–Trinajstić information content (AvgIpc) is 2.72. The molecular formula is C17H20N2. The summed E-state index contributed by atoms with van der Waals surface area (Å²) in [6.45, 7) is 7.48. The summed E-state index contributed by atoms with van der Waals surface area (Å²) in [6.07, 6.45) is 0. The predicted octanol–water partition coefficient (Wildman–Crippen LogP) is 4.16. The van der Waals surface area contributed by atoms with Gasteiger partial charge in [0.05, 0.1) is 18.0 Å². The molecule has 1 aliphatic rings. The first-order valence-corrected chi connectivity index (χ1v) is 6.73. The standard InChI is InChI=1S/C17H20N2/c1-12-9-14(3)17(10-13(12)2)19-11-18(4)15-7-5-6-8-16(15)19/h5-10H,11H2,1-4H3. The van der Waals surface area contributed by atoms with E-state index in [-0.39, 0.29) is 0 Å². The smallest absolute Gasteiger partial charge is 0.0950 e. The quantitative estimate of drug-likeness (QED) is 0.752. The number of hydrogen-bond acceptors (Lipinski definition) is 2. The molecule has 0 N–H and O–H groups in total. The number of benzene rings is 2. The highest BCUT2D eigenvalue weighted by Gasteiger charge is 2.24. The Bertz CT molecular complexity index is 631. The Hall–Kier alpha value is -1.96. The Balaban J connectivity index is 2.12. The molecule has 0 bridgehead atoms. The fraction of sp³-hybridized carbons (Fsp3) is 0.294. The molecule has 3 rings (SSSR count). The molecule has 0 aliphatic carbocycles. The van der Waals surface area contributed by atoms with Crippen LogP contribution in [0.15, 0.2) is 36.4 Å². The van der Waals surface area contributed by atoms with Crippen LogP contribution >= 0.6 is 0 Å². The van der Waals surface area contributed by atoms with Crippen molar-refractivity contribution in [3.05, 3.63) is 53.1 Å². The van der Waals surface area contributed by atoms with E-state index in [0.29, 0.717) is 0 Å². The fourth-order valence-corrected chi connectivity index (χ4v) is 2.82. The summed E-state index contributed by atoms with van der Waals surface area (Å²) in [5, 5.41) is 0. The molecule has 0 amide bonds. The number of nitrogens with zero attached hydrogens (tertiary/aromatic N) is 2. The van der Waals surface area contributed by atoms with Crippen LogP contribution < -0.4 is 9.80 Å². The highest BCUT2D eigenvalue weighted by molar-refractivity contribution is 5.83. The normalized spacial score (nSPS) is 13.9. The van der Waals surface area contributed by atoms with E-state index in [2.05, 4.69) is 74.0 Å². The zero-order valence-corrected chi connectivity index (χ0v) is 12.1. The van der Waals surface area contributed by atoms with E-state index in [1.165, 1.54) is 33.8 Å². The fourth-order valence-electron chi connectivity index (χ4n) is 2.82. The van der Waals surface area contributed by atoms with Crippen molar-refractivity contribution in [2.45, 2.75) is 20.8 Å². The van der Waals surface area contributed by atoms with Crippen molar-refractivity contribution in [1.29, 1.82) is 0 Å². The number of anilines is 3. The van der Waals surface area contributed by atoms with Crippen molar-refractivity contribution >= 4 is 17.1 Å². The molecule has 0 fully saturated rings. The third-order valence-corrected chi connectivity index (χ3v) is 4.04. The summed E-state index contributed by atoms with van der Waals surface area (Å²) < 4.78 is 0. The molecule has 0 atom stereocenters. The number of rotatable bonds is 1. The van der Waals surface area contributed by atoms with Crippen LogP contribution in [0.2, 0.25) is 0 Å². The van der Waals surface area contributed by atoms with Gasteiger partial charge in [0, 0.05) is 12.7 Å². The van der Waals surface area contributed by atoms with E-state index < -0.39 is 0 Å². The van der Waals surface area contributed by atoms with Crippen LogP contribution in [0.4, 0.5) is 17.1 Å². The van der Waals surface area contributed by atoms with E-state index in [1.807, 2.05) is 0 Å². The highest BCUT2D eigenvalue weighted by Crippen LogP contribution is 2.41. The second-order valence-corrected chi connectivity index (χ2v) is 5.48. The van der Waals surface area contributed by atoms with Crippen molar-refractivity contribution in [3.63, 3.8) is 0 Å². The number of hydrogen-bond donors (Lipinski definition) is 0. The molecule has 2 heteroatoms. The predicted molar refractivity (Wildman–Crippen MR) is 82.5 cm³/mol. The minimum Gasteiger partial charge on any atom is -0.355 e. The number of para-hydroxylation sites is 2. The van der Waals surface area contributed by atoms with Crippen LogP contribution in [0.3, 0.4) is 0 Å². The maximum Gasteiger partial charge on any atom is 0.0950 e. The number of aryl methyl sites for hydroxylation is 3. The Kier molecular flexibility index (Phi) is 2.74. The van der Waals surface area contributed by atoms with Gasteiger partial charge in [-0.25, -0.2) is 0 Å². The van der Waals surface area contributed by atoms with E-state index in [0.717, 1.165) is 6.67 Å². The van der Waals surface area contributed by atoms with Gasteiger partial charge in [-0.2, -0.15) is 0 Å². The van der Waals surface area contributed by atoms with Crippen LogP contribution in [0.5, 0.6) is 0 Å². The summed E-state index contributed by atoms with van der Waals surface area (Å²) in [7, 11) is 2.15. The van der Waals surface area contributed by atoms with Gasteiger partial charge in [0.25, 0.3) is 0 Å². The molecular weight excluding hydrogens is 232 g/mol. The Morgan fingerprint density at radius 2 is 1.42 bits per heavy atom. The molecule has 0 spiro atoms. The van der Waals surface area contributed by atoms with Gasteiger partial charge >= 0.3 is 0 Å². The molecule has 0 saturated carbocycles. The van der Waals surface area contributed by atoms with Gasteiger partial charge in [-0.1, -0.05) is 18.2 Å². The van der Waals surface area contributed by atoms with Crippen LogP contribution in [0.1, 0.15) is 16.7 Å². The van der Waals surface area contributed by atoms with Gasteiger partial charge in [-0.05, 0) is 55.7 Å². The number of fused-ring (bicyclic) bond motifs is 1. The monoisotopic (exact) mass is 252 g/mol. The lowest BCUT2D eigenvalue weighted by atomic mass is 10.0.